The molecule has 1 heterocycles. The summed E-state index contributed by atoms with van der Waals surface area (Å²) in [6, 6.07) is 0. The van der Waals surface area contributed by atoms with Crippen molar-refractivity contribution in [2.75, 3.05) is 0 Å². The van der Waals surface area contributed by atoms with E-state index >= 15 is 0 Å². The summed E-state index contributed by atoms with van der Waals surface area (Å²) in [6.07, 6.45) is 3.31. The SMILES string of the molecule is CC1=C\C(C)=N\C(N)=N/C(N)=N/C(C)=C/C(C)=N/C(N)=N\C(N)=N\1. The maximum Gasteiger partial charge on any atom is 0.223 e. The molecule has 0 atom stereocenters. The van der Waals surface area contributed by atoms with Crippen LogP contribution in [-0.4, -0.2) is 35.3 Å². The number of hydrogen-bond donors (Lipinski definition) is 4. The molecule has 0 radical (unpaired) electrons. The molecule has 8 N–H and O–H groups in total. The molecule has 1 rings (SSSR count). The Morgan fingerprint density at radius 3 is 1.12 bits per heavy atom. The Kier molecular flexibility index (Phi) is 6.53. The van der Waals surface area contributed by atoms with Crippen LogP contribution in [0.2, 0.25) is 0 Å². The molecule has 0 aromatic heterocycles. The Hall–Kier alpha value is -3.30. The molecule has 0 aromatic rings. The highest BCUT2D eigenvalue weighted by atomic mass is 15.1. The molecule has 0 aromatic carbocycles. The van der Waals surface area contributed by atoms with Crippen LogP contribution in [0.15, 0.2) is 53.5 Å². The summed E-state index contributed by atoms with van der Waals surface area (Å²) in [6.45, 7) is 6.91. The van der Waals surface area contributed by atoms with E-state index in [-0.39, 0.29) is 23.8 Å². The zero-order chi connectivity index (χ0) is 18.3. The second kappa shape index (κ2) is 8.36. The minimum absolute atomic E-state index is 0.0256. The number of nitrogens with zero attached hydrogens (tertiary/aromatic N) is 6. The second-order valence-corrected chi connectivity index (χ2v) is 4.96. The molecule has 0 aliphatic carbocycles. The molecule has 0 amide bonds. The highest BCUT2D eigenvalue weighted by molar-refractivity contribution is 6.06. The fraction of sp³-hybridized carbons (Fsp3) is 0.286. The lowest BCUT2D eigenvalue weighted by molar-refractivity contribution is 1.25. The maximum atomic E-state index is 5.72. The van der Waals surface area contributed by atoms with Crippen molar-refractivity contribution < 1.29 is 0 Å². The van der Waals surface area contributed by atoms with Gasteiger partial charge in [-0.1, -0.05) is 0 Å². The summed E-state index contributed by atoms with van der Waals surface area (Å²) in [4.78, 5) is 24.1. The van der Waals surface area contributed by atoms with Gasteiger partial charge in [-0.15, -0.1) is 0 Å². The minimum Gasteiger partial charge on any atom is -0.368 e. The summed E-state index contributed by atoms with van der Waals surface area (Å²) in [5, 5.41) is 0. The first-order valence-corrected chi connectivity index (χ1v) is 6.99. The number of nitrogens with two attached hydrogens (primary N) is 4. The van der Waals surface area contributed by atoms with Crippen LogP contribution in [0.4, 0.5) is 0 Å². The lowest BCUT2D eigenvalue weighted by Crippen LogP contribution is -2.19. The standard InChI is InChI=1S/C14H22N10/c1-7-5-8(2)20-12(16)24-14(18)22-10(4)6-9(3)21-13(17)23-11(15)19-7/h5-6H,1-4H3,(H4,15,17,19,21,23)(H4,16,18,20,22,24). The van der Waals surface area contributed by atoms with Crippen LogP contribution < -0.4 is 22.9 Å². The molecule has 0 saturated heterocycles. The molecule has 10 heteroatoms. The Labute approximate surface area is 140 Å². The molecular formula is C14H22N10. The van der Waals surface area contributed by atoms with Gasteiger partial charge in [-0.25, -0.2) is 20.0 Å². The molecule has 1 aliphatic heterocycles. The van der Waals surface area contributed by atoms with Gasteiger partial charge in [-0.2, -0.15) is 9.98 Å². The monoisotopic (exact) mass is 330 g/mol. The van der Waals surface area contributed by atoms with Crippen LogP contribution in [-0.2, 0) is 0 Å². The van der Waals surface area contributed by atoms with Crippen LogP contribution in [0.25, 0.3) is 0 Å². The number of hydrogen-bond acceptors (Lipinski definition) is 10. The fourth-order valence-corrected chi connectivity index (χ4v) is 1.79. The smallest absolute Gasteiger partial charge is 0.223 e. The van der Waals surface area contributed by atoms with E-state index in [9.17, 15) is 0 Å². The summed E-state index contributed by atoms with van der Waals surface area (Å²) >= 11 is 0. The van der Waals surface area contributed by atoms with Gasteiger partial charge in [-0.05, 0) is 39.8 Å². The molecule has 0 unspecified atom stereocenters. The van der Waals surface area contributed by atoms with Crippen LogP contribution in [0, 0.1) is 0 Å². The molecular weight excluding hydrogens is 308 g/mol. The Bertz CT molecular complexity index is 529. The van der Waals surface area contributed by atoms with E-state index < -0.39 is 0 Å². The van der Waals surface area contributed by atoms with Gasteiger partial charge < -0.3 is 22.9 Å². The van der Waals surface area contributed by atoms with Crippen molar-refractivity contribution in [2.45, 2.75) is 27.7 Å². The zero-order valence-electron chi connectivity index (χ0n) is 14.1. The van der Waals surface area contributed by atoms with Gasteiger partial charge in [0.15, 0.2) is 0 Å². The maximum absolute atomic E-state index is 5.72. The molecule has 0 bridgehead atoms. The van der Waals surface area contributed by atoms with Gasteiger partial charge in [0, 0.05) is 22.8 Å². The van der Waals surface area contributed by atoms with E-state index in [4.69, 9.17) is 22.9 Å². The number of guanidine groups is 4. The van der Waals surface area contributed by atoms with Crippen molar-refractivity contribution >= 4 is 35.3 Å². The van der Waals surface area contributed by atoms with Crippen molar-refractivity contribution in [2.24, 2.45) is 52.9 Å². The van der Waals surface area contributed by atoms with Gasteiger partial charge in [0.25, 0.3) is 0 Å². The summed E-state index contributed by atoms with van der Waals surface area (Å²) in [5.41, 5.74) is 25.1. The van der Waals surface area contributed by atoms with Crippen molar-refractivity contribution in [3.05, 3.63) is 23.5 Å². The predicted octanol–water partition coefficient (Wildman–Crippen LogP) is -0.0118. The molecule has 1 aliphatic rings. The van der Waals surface area contributed by atoms with E-state index in [1.807, 2.05) is 0 Å². The number of allylic oxidation sites excluding steroid dienone is 4. The first kappa shape index (κ1) is 18.7. The predicted molar refractivity (Wildman–Crippen MR) is 100 cm³/mol. The third kappa shape index (κ3) is 7.11. The van der Waals surface area contributed by atoms with Gasteiger partial charge in [0.1, 0.15) is 0 Å². The minimum atomic E-state index is -0.0256. The normalized spacial score (nSPS) is 35.5. The molecule has 0 fully saturated rings. The van der Waals surface area contributed by atoms with E-state index in [1.54, 1.807) is 39.8 Å². The largest absolute Gasteiger partial charge is 0.368 e. The topological polar surface area (TPSA) is 178 Å². The van der Waals surface area contributed by atoms with Gasteiger partial charge in [0.2, 0.25) is 23.8 Å². The quantitative estimate of drug-likeness (QED) is 0.488. The lowest BCUT2D eigenvalue weighted by Gasteiger charge is -2.00. The Balaban J connectivity index is 3.46. The summed E-state index contributed by atoms with van der Waals surface area (Å²) in [5.74, 6) is -0.103. The first-order valence-electron chi connectivity index (χ1n) is 6.99. The second-order valence-electron chi connectivity index (χ2n) is 4.96. The van der Waals surface area contributed by atoms with Crippen LogP contribution >= 0.6 is 0 Å². The average Bonchev–Trinajstić information content (AvgIpc) is 2.34. The van der Waals surface area contributed by atoms with E-state index in [0.29, 0.717) is 22.8 Å². The third-order valence-electron chi connectivity index (χ3n) is 2.46. The third-order valence-corrected chi connectivity index (χ3v) is 2.46. The first-order chi connectivity index (χ1) is 11.2. The van der Waals surface area contributed by atoms with Crippen LogP contribution in [0.5, 0.6) is 0 Å². The van der Waals surface area contributed by atoms with E-state index in [1.165, 1.54) is 0 Å². The highest BCUT2D eigenvalue weighted by Crippen LogP contribution is 1.99. The molecule has 0 spiro atoms. The Morgan fingerprint density at radius 1 is 0.500 bits per heavy atom. The molecule has 10 nitrogen and oxygen atoms in total. The van der Waals surface area contributed by atoms with Crippen LogP contribution in [0.1, 0.15) is 27.7 Å². The van der Waals surface area contributed by atoms with Crippen LogP contribution in [0.3, 0.4) is 0 Å². The summed E-state index contributed by atoms with van der Waals surface area (Å²) in [7, 11) is 0. The fourth-order valence-electron chi connectivity index (χ4n) is 1.79. The Morgan fingerprint density at radius 2 is 0.792 bits per heavy atom. The lowest BCUT2D eigenvalue weighted by atomic mass is 10.3. The van der Waals surface area contributed by atoms with Gasteiger partial charge in [-0.3, -0.25) is 0 Å². The average molecular weight is 330 g/mol. The van der Waals surface area contributed by atoms with E-state index in [0.717, 1.165) is 0 Å². The molecule has 0 saturated carbocycles. The van der Waals surface area contributed by atoms with Gasteiger partial charge in [0.05, 0.1) is 0 Å². The van der Waals surface area contributed by atoms with Crippen molar-refractivity contribution in [1.82, 2.24) is 0 Å². The van der Waals surface area contributed by atoms with Gasteiger partial charge >= 0.3 is 0 Å². The molecule has 128 valence electrons. The number of aliphatic imine (C=N–C) groups is 6. The van der Waals surface area contributed by atoms with Crippen molar-refractivity contribution in [3.63, 3.8) is 0 Å². The van der Waals surface area contributed by atoms with Crippen molar-refractivity contribution in [3.8, 4) is 0 Å². The van der Waals surface area contributed by atoms with E-state index in [2.05, 4.69) is 30.0 Å². The molecule has 24 heavy (non-hydrogen) atoms. The highest BCUT2D eigenvalue weighted by Gasteiger charge is 1.99. The zero-order valence-corrected chi connectivity index (χ0v) is 14.1. The summed E-state index contributed by atoms with van der Waals surface area (Å²) < 4.78 is 0. The van der Waals surface area contributed by atoms with Crippen molar-refractivity contribution in [1.29, 1.82) is 0 Å². The number of rotatable bonds is 0.